The number of ether oxygens (including phenoxy) is 1. The molecule has 1 aliphatic rings. The van der Waals surface area contributed by atoms with Crippen LogP contribution in [0.15, 0.2) is 53.7 Å². The Morgan fingerprint density at radius 2 is 2.00 bits per heavy atom. The summed E-state index contributed by atoms with van der Waals surface area (Å²) in [5, 5.41) is 9.40. The topological polar surface area (TPSA) is 57.0 Å². The molecular weight excluding hydrogens is 377 g/mol. The number of hydrogen-bond donors (Lipinski definition) is 0. The van der Waals surface area contributed by atoms with E-state index in [4.69, 9.17) is 4.74 Å². The summed E-state index contributed by atoms with van der Waals surface area (Å²) >= 11 is 1.34. The van der Waals surface area contributed by atoms with Crippen molar-refractivity contribution >= 4 is 17.5 Å². The molecule has 28 heavy (non-hydrogen) atoms. The maximum absolute atomic E-state index is 13.9. The molecule has 0 unspecified atom stereocenters. The average Bonchev–Trinajstić information content (AvgIpc) is 3.49. The molecule has 2 aromatic carbocycles. The maximum atomic E-state index is 13.9. The zero-order valence-electron chi connectivity index (χ0n) is 15.5. The van der Waals surface area contributed by atoms with Crippen molar-refractivity contribution in [2.45, 2.75) is 30.5 Å². The molecule has 1 fully saturated rings. The van der Waals surface area contributed by atoms with Crippen molar-refractivity contribution in [3.63, 3.8) is 0 Å². The SMILES string of the molecule is COc1ccc(C(=O)CSc2nnc(C3CC3)n2Cc2ccccc2)cc1F. The average molecular weight is 397 g/mol. The van der Waals surface area contributed by atoms with E-state index in [1.54, 1.807) is 6.07 Å². The third-order valence-electron chi connectivity index (χ3n) is 4.68. The van der Waals surface area contributed by atoms with Gasteiger partial charge in [-0.2, -0.15) is 0 Å². The molecule has 0 saturated heterocycles. The Morgan fingerprint density at radius 1 is 1.21 bits per heavy atom. The third kappa shape index (κ3) is 4.09. The predicted molar refractivity (Wildman–Crippen MR) is 106 cm³/mol. The molecule has 0 spiro atoms. The normalized spacial score (nSPS) is 13.5. The van der Waals surface area contributed by atoms with Crippen molar-refractivity contribution in [2.24, 2.45) is 0 Å². The molecule has 1 heterocycles. The molecule has 5 nitrogen and oxygen atoms in total. The maximum Gasteiger partial charge on any atom is 0.191 e. The second-order valence-electron chi connectivity index (χ2n) is 6.75. The zero-order chi connectivity index (χ0) is 19.5. The van der Waals surface area contributed by atoms with Gasteiger partial charge in [0.15, 0.2) is 22.5 Å². The summed E-state index contributed by atoms with van der Waals surface area (Å²) in [5.41, 5.74) is 1.48. The number of methoxy groups -OCH3 is 1. The van der Waals surface area contributed by atoms with Gasteiger partial charge in [-0.3, -0.25) is 4.79 Å². The predicted octanol–water partition coefficient (Wildman–Crippen LogP) is 4.33. The Bertz CT molecular complexity index is 987. The van der Waals surface area contributed by atoms with Gasteiger partial charge in [0.1, 0.15) is 5.82 Å². The van der Waals surface area contributed by atoms with Gasteiger partial charge in [0.2, 0.25) is 0 Å². The van der Waals surface area contributed by atoms with E-state index in [0.29, 0.717) is 23.2 Å². The van der Waals surface area contributed by atoms with Crippen LogP contribution in [0.4, 0.5) is 4.39 Å². The molecule has 0 aliphatic heterocycles. The Morgan fingerprint density at radius 3 is 2.68 bits per heavy atom. The van der Waals surface area contributed by atoms with E-state index in [-0.39, 0.29) is 17.3 Å². The van der Waals surface area contributed by atoms with E-state index in [2.05, 4.69) is 26.9 Å². The number of benzene rings is 2. The molecular formula is C21H20FN3O2S. The van der Waals surface area contributed by atoms with E-state index in [9.17, 15) is 9.18 Å². The number of Topliss-reactive ketones (excluding diaryl/α,β-unsaturated/α-hetero) is 1. The van der Waals surface area contributed by atoms with Gasteiger partial charge in [-0.05, 0) is 36.6 Å². The highest BCUT2D eigenvalue weighted by atomic mass is 32.2. The van der Waals surface area contributed by atoms with E-state index in [1.165, 1.54) is 31.0 Å². The van der Waals surface area contributed by atoms with Gasteiger partial charge in [-0.25, -0.2) is 4.39 Å². The minimum Gasteiger partial charge on any atom is -0.494 e. The Labute approximate surface area is 166 Å². The molecule has 3 aromatic rings. The number of carbonyl (C=O) groups is 1. The molecule has 0 radical (unpaired) electrons. The first kappa shape index (κ1) is 18.7. The van der Waals surface area contributed by atoms with Gasteiger partial charge < -0.3 is 9.30 Å². The summed E-state index contributed by atoms with van der Waals surface area (Å²) in [6.45, 7) is 0.674. The summed E-state index contributed by atoms with van der Waals surface area (Å²) in [7, 11) is 1.40. The van der Waals surface area contributed by atoms with Crippen molar-refractivity contribution < 1.29 is 13.9 Å². The van der Waals surface area contributed by atoms with Crippen LogP contribution in [0.3, 0.4) is 0 Å². The fraction of sp³-hybridized carbons (Fsp3) is 0.286. The number of aromatic nitrogens is 3. The lowest BCUT2D eigenvalue weighted by molar-refractivity contribution is 0.102. The largest absolute Gasteiger partial charge is 0.494 e. The number of carbonyl (C=O) groups excluding carboxylic acids is 1. The minimum absolute atomic E-state index is 0.126. The van der Waals surface area contributed by atoms with Gasteiger partial charge in [0.05, 0.1) is 19.4 Å². The second-order valence-corrected chi connectivity index (χ2v) is 7.69. The van der Waals surface area contributed by atoms with Crippen LogP contribution < -0.4 is 4.74 Å². The van der Waals surface area contributed by atoms with Crippen molar-refractivity contribution in [1.82, 2.24) is 14.8 Å². The number of ketones is 1. The van der Waals surface area contributed by atoms with Crippen molar-refractivity contribution in [2.75, 3.05) is 12.9 Å². The van der Waals surface area contributed by atoms with E-state index in [0.717, 1.165) is 24.2 Å². The second kappa shape index (κ2) is 8.14. The van der Waals surface area contributed by atoms with Gasteiger partial charge in [0.25, 0.3) is 0 Å². The van der Waals surface area contributed by atoms with E-state index >= 15 is 0 Å². The Hall–Kier alpha value is -2.67. The van der Waals surface area contributed by atoms with Crippen LogP contribution in [-0.4, -0.2) is 33.4 Å². The number of nitrogens with zero attached hydrogens (tertiary/aromatic N) is 3. The molecule has 1 saturated carbocycles. The fourth-order valence-electron chi connectivity index (χ4n) is 3.02. The first-order valence-electron chi connectivity index (χ1n) is 9.12. The lowest BCUT2D eigenvalue weighted by Crippen LogP contribution is -2.08. The Balaban J connectivity index is 1.50. The van der Waals surface area contributed by atoms with Gasteiger partial charge in [-0.15, -0.1) is 10.2 Å². The van der Waals surface area contributed by atoms with Crippen LogP contribution in [-0.2, 0) is 6.54 Å². The van der Waals surface area contributed by atoms with Crippen LogP contribution in [0.25, 0.3) is 0 Å². The standard InChI is InChI=1S/C21H20FN3O2S/c1-27-19-10-9-16(11-17(19)22)18(26)13-28-21-24-23-20(15-7-8-15)25(21)12-14-5-3-2-4-6-14/h2-6,9-11,15H,7-8,12-13H2,1H3. The van der Waals surface area contributed by atoms with E-state index in [1.807, 2.05) is 18.2 Å². The fourth-order valence-corrected chi connectivity index (χ4v) is 3.86. The lowest BCUT2D eigenvalue weighted by atomic mass is 10.1. The van der Waals surface area contributed by atoms with Crippen LogP contribution in [0.2, 0.25) is 0 Å². The molecule has 4 rings (SSSR count). The first-order chi connectivity index (χ1) is 13.7. The highest BCUT2D eigenvalue weighted by Gasteiger charge is 2.30. The zero-order valence-corrected chi connectivity index (χ0v) is 16.3. The minimum atomic E-state index is -0.540. The highest BCUT2D eigenvalue weighted by molar-refractivity contribution is 7.99. The van der Waals surface area contributed by atoms with E-state index < -0.39 is 5.82 Å². The quantitative estimate of drug-likeness (QED) is 0.418. The van der Waals surface area contributed by atoms with Crippen molar-refractivity contribution in [3.05, 3.63) is 71.3 Å². The van der Waals surface area contributed by atoms with Crippen LogP contribution in [0.5, 0.6) is 5.75 Å². The summed E-state index contributed by atoms with van der Waals surface area (Å²) < 4.78 is 20.9. The summed E-state index contributed by atoms with van der Waals surface area (Å²) in [5.74, 6) is 1.03. The molecule has 0 N–H and O–H groups in total. The summed E-state index contributed by atoms with van der Waals surface area (Å²) in [6, 6.07) is 14.4. The van der Waals surface area contributed by atoms with Gasteiger partial charge >= 0.3 is 0 Å². The lowest BCUT2D eigenvalue weighted by Gasteiger charge is -2.10. The molecule has 0 atom stereocenters. The van der Waals surface area contributed by atoms with Gasteiger partial charge in [0, 0.05) is 11.5 Å². The molecule has 1 aliphatic carbocycles. The van der Waals surface area contributed by atoms with Crippen LogP contribution in [0.1, 0.15) is 40.5 Å². The first-order valence-corrected chi connectivity index (χ1v) is 10.1. The third-order valence-corrected chi connectivity index (χ3v) is 5.64. The van der Waals surface area contributed by atoms with Crippen molar-refractivity contribution in [3.8, 4) is 5.75 Å². The highest BCUT2D eigenvalue weighted by Crippen LogP contribution is 2.40. The monoisotopic (exact) mass is 397 g/mol. The summed E-state index contributed by atoms with van der Waals surface area (Å²) in [6.07, 6.45) is 2.25. The number of halogens is 1. The van der Waals surface area contributed by atoms with Crippen LogP contribution in [0, 0.1) is 5.82 Å². The smallest absolute Gasteiger partial charge is 0.191 e. The Kier molecular flexibility index (Phi) is 5.43. The molecule has 0 bridgehead atoms. The van der Waals surface area contributed by atoms with Crippen LogP contribution >= 0.6 is 11.8 Å². The molecule has 1 aromatic heterocycles. The summed E-state index contributed by atoms with van der Waals surface area (Å²) in [4.78, 5) is 12.5. The van der Waals surface area contributed by atoms with Crippen molar-refractivity contribution in [1.29, 1.82) is 0 Å². The number of rotatable bonds is 8. The molecule has 0 amide bonds. The molecule has 7 heteroatoms. The number of thioether (sulfide) groups is 1. The van der Waals surface area contributed by atoms with Gasteiger partial charge in [-0.1, -0.05) is 42.1 Å². The molecule has 144 valence electrons. The number of hydrogen-bond acceptors (Lipinski definition) is 5.